The van der Waals surface area contributed by atoms with E-state index < -0.39 is 0 Å². The summed E-state index contributed by atoms with van der Waals surface area (Å²) in [6.45, 7) is 1.76. The normalized spacial score (nSPS) is 17.3. The van der Waals surface area contributed by atoms with Crippen molar-refractivity contribution < 1.29 is 23.8 Å². The van der Waals surface area contributed by atoms with Gasteiger partial charge in [-0.2, -0.15) is 0 Å². The van der Waals surface area contributed by atoms with Gasteiger partial charge in [0, 0.05) is 32.6 Å². The fourth-order valence-electron chi connectivity index (χ4n) is 4.65. The van der Waals surface area contributed by atoms with E-state index in [9.17, 15) is 0 Å². The van der Waals surface area contributed by atoms with Gasteiger partial charge >= 0.3 is 0 Å². The third-order valence-corrected chi connectivity index (χ3v) is 7.21. The maximum absolute atomic E-state index is 6.41. The molecule has 174 valence electrons. The van der Waals surface area contributed by atoms with E-state index in [-0.39, 0.29) is 6.04 Å². The number of hydrogen-bond acceptors (Lipinski definition) is 4. The van der Waals surface area contributed by atoms with E-state index in [1.54, 1.807) is 28.4 Å². The molecule has 0 aliphatic carbocycles. The molecule has 0 amide bonds. The minimum atomic E-state index is 0.0900. The Kier molecular flexibility index (Phi) is 7.37. The van der Waals surface area contributed by atoms with Gasteiger partial charge in [0.2, 0.25) is 0 Å². The molecule has 0 spiro atoms. The van der Waals surface area contributed by atoms with Crippen molar-refractivity contribution in [3.63, 3.8) is 0 Å². The lowest BCUT2D eigenvalue weighted by molar-refractivity contribution is -0.941. The predicted molar refractivity (Wildman–Crippen MR) is 133 cm³/mol. The summed E-state index contributed by atoms with van der Waals surface area (Å²) in [4.78, 5) is 1.41. The average molecular weight is 534 g/mol. The van der Waals surface area contributed by atoms with Crippen LogP contribution in [0.15, 0.2) is 53.0 Å². The molecule has 1 N–H and O–H groups in total. The highest BCUT2D eigenvalue weighted by Crippen LogP contribution is 2.37. The lowest BCUT2D eigenvalue weighted by Crippen LogP contribution is -3.12. The van der Waals surface area contributed by atoms with E-state index >= 15 is 0 Å². The quantitative estimate of drug-likeness (QED) is 0.471. The SMILES string of the molecule is COc1cc(Br)c(C[NH+]2CCc3cc(OC)c(OC)cc3[C@H]2c2cccc(Cl)c2)cc1OC. The standard InChI is InChI=1S/C26H27BrClNO4/c1-30-22-11-16-8-9-29(15-18-12-23(31-2)25(33-4)14-21(18)27)26(20(16)13-24(22)32-3)17-6-5-7-19(28)10-17/h5-7,10-14,26H,8-9,15H2,1-4H3/p+1/t26-/m1/s1. The number of quaternary nitrogens is 1. The number of hydrogen-bond donors (Lipinski definition) is 1. The zero-order valence-corrected chi connectivity index (χ0v) is 21.5. The van der Waals surface area contributed by atoms with Gasteiger partial charge in [-0.05, 0) is 42.0 Å². The van der Waals surface area contributed by atoms with Gasteiger partial charge < -0.3 is 23.8 Å². The molecule has 1 heterocycles. The first kappa shape index (κ1) is 23.7. The second-order valence-corrected chi connectivity index (χ2v) is 9.32. The molecule has 3 aromatic carbocycles. The third kappa shape index (κ3) is 4.79. The largest absolute Gasteiger partial charge is 0.493 e. The fraction of sp³-hybridized carbons (Fsp3) is 0.308. The van der Waals surface area contributed by atoms with Crippen LogP contribution in [0.3, 0.4) is 0 Å². The van der Waals surface area contributed by atoms with E-state index in [0.29, 0.717) is 5.75 Å². The molecule has 1 aliphatic heterocycles. The van der Waals surface area contributed by atoms with Crippen molar-refractivity contribution in [2.75, 3.05) is 35.0 Å². The number of nitrogens with one attached hydrogen (secondary N) is 1. The van der Waals surface area contributed by atoms with Crippen molar-refractivity contribution in [3.05, 3.63) is 80.3 Å². The lowest BCUT2D eigenvalue weighted by Gasteiger charge is -2.35. The highest BCUT2D eigenvalue weighted by Gasteiger charge is 2.34. The Morgan fingerprint density at radius 3 is 2.18 bits per heavy atom. The minimum absolute atomic E-state index is 0.0900. The van der Waals surface area contributed by atoms with Crippen molar-refractivity contribution in [3.8, 4) is 23.0 Å². The van der Waals surface area contributed by atoms with E-state index in [2.05, 4.69) is 46.3 Å². The third-order valence-electron chi connectivity index (χ3n) is 6.23. The Balaban J connectivity index is 1.80. The first-order valence-corrected chi connectivity index (χ1v) is 11.9. The van der Waals surface area contributed by atoms with Gasteiger partial charge in [0.25, 0.3) is 0 Å². The van der Waals surface area contributed by atoms with Crippen LogP contribution in [0.2, 0.25) is 5.02 Å². The highest BCUT2D eigenvalue weighted by molar-refractivity contribution is 9.10. The monoisotopic (exact) mass is 532 g/mol. The summed E-state index contributed by atoms with van der Waals surface area (Å²) in [6, 6.07) is 16.4. The van der Waals surface area contributed by atoms with Crippen molar-refractivity contribution >= 4 is 27.5 Å². The predicted octanol–water partition coefficient (Wildman–Crippen LogP) is 4.87. The van der Waals surface area contributed by atoms with Crippen LogP contribution in [-0.2, 0) is 13.0 Å². The Morgan fingerprint density at radius 2 is 1.52 bits per heavy atom. The second-order valence-electron chi connectivity index (χ2n) is 8.03. The maximum Gasteiger partial charge on any atom is 0.161 e. The Morgan fingerprint density at radius 1 is 0.879 bits per heavy atom. The molecule has 4 rings (SSSR count). The number of fused-ring (bicyclic) bond motifs is 1. The first-order valence-electron chi connectivity index (χ1n) is 10.7. The van der Waals surface area contributed by atoms with Gasteiger partial charge in [-0.1, -0.05) is 39.7 Å². The second kappa shape index (κ2) is 10.2. The molecule has 0 fully saturated rings. The molecule has 0 aromatic heterocycles. The fourth-order valence-corrected chi connectivity index (χ4v) is 5.31. The van der Waals surface area contributed by atoms with Crippen LogP contribution in [0.25, 0.3) is 0 Å². The van der Waals surface area contributed by atoms with Crippen LogP contribution >= 0.6 is 27.5 Å². The van der Waals surface area contributed by atoms with Crippen LogP contribution in [0.1, 0.15) is 28.3 Å². The number of halogens is 2. The van der Waals surface area contributed by atoms with Crippen molar-refractivity contribution in [2.45, 2.75) is 19.0 Å². The van der Waals surface area contributed by atoms with E-state index in [1.807, 2.05) is 18.2 Å². The number of ether oxygens (including phenoxy) is 4. The van der Waals surface area contributed by atoms with Crippen LogP contribution < -0.4 is 23.8 Å². The van der Waals surface area contributed by atoms with Crippen LogP contribution in [0.4, 0.5) is 0 Å². The van der Waals surface area contributed by atoms with Gasteiger partial charge in [-0.15, -0.1) is 0 Å². The zero-order chi connectivity index (χ0) is 23.5. The van der Waals surface area contributed by atoms with Gasteiger partial charge in [-0.25, -0.2) is 0 Å². The minimum Gasteiger partial charge on any atom is -0.493 e. The van der Waals surface area contributed by atoms with Crippen molar-refractivity contribution in [2.24, 2.45) is 0 Å². The summed E-state index contributed by atoms with van der Waals surface area (Å²) in [5.41, 5.74) is 4.82. The Hall–Kier alpha value is -2.41. The molecule has 1 unspecified atom stereocenters. The summed E-state index contributed by atoms with van der Waals surface area (Å²) < 4.78 is 23.2. The van der Waals surface area contributed by atoms with Gasteiger partial charge in [-0.3, -0.25) is 0 Å². The van der Waals surface area contributed by atoms with Gasteiger partial charge in [0.15, 0.2) is 23.0 Å². The summed E-state index contributed by atoms with van der Waals surface area (Å²) >= 11 is 10.1. The van der Waals surface area contributed by atoms with Crippen molar-refractivity contribution in [1.82, 2.24) is 0 Å². The Labute approximate surface area is 208 Å². The molecule has 0 saturated heterocycles. The molecule has 3 aromatic rings. The summed E-state index contributed by atoms with van der Waals surface area (Å²) in [7, 11) is 6.65. The summed E-state index contributed by atoms with van der Waals surface area (Å²) in [5.74, 6) is 2.91. The molecule has 1 aliphatic rings. The first-order chi connectivity index (χ1) is 16.0. The highest BCUT2D eigenvalue weighted by atomic mass is 79.9. The van der Waals surface area contributed by atoms with Crippen LogP contribution in [0, 0.1) is 0 Å². The molecule has 0 radical (unpaired) electrons. The molecule has 0 saturated carbocycles. The molecule has 33 heavy (non-hydrogen) atoms. The van der Waals surface area contributed by atoms with E-state index in [0.717, 1.165) is 51.8 Å². The number of rotatable bonds is 7. The Bertz CT molecular complexity index is 1150. The topological polar surface area (TPSA) is 41.4 Å². The van der Waals surface area contributed by atoms with E-state index in [1.165, 1.54) is 21.6 Å². The van der Waals surface area contributed by atoms with Crippen LogP contribution in [0.5, 0.6) is 23.0 Å². The molecule has 0 bridgehead atoms. The lowest BCUT2D eigenvalue weighted by atomic mass is 9.87. The smallest absolute Gasteiger partial charge is 0.161 e. The number of methoxy groups -OCH3 is 4. The summed E-state index contributed by atoms with van der Waals surface area (Å²) in [6.07, 6.45) is 0.937. The van der Waals surface area contributed by atoms with Crippen LogP contribution in [-0.4, -0.2) is 35.0 Å². The van der Waals surface area contributed by atoms with E-state index in [4.69, 9.17) is 30.5 Å². The average Bonchev–Trinajstić information content (AvgIpc) is 2.83. The van der Waals surface area contributed by atoms with Gasteiger partial charge in [0.05, 0.1) is 35.0 Å². The molecule has 7 heteroatoms. The van der Waals surface area contributed by atoms with Gasteiger partial charge in [0.1, 0.15) is 12.6 Å². The number of benzene rings is 3. The summed E-state index contributed by atoms with van der Waals surface area (Å²) in [5, 5.41) is 0.728. The maximum atomic E-state index is 6.41. The zero-order valence-electron chi connectivity index (χ0n) is 19.2. The molecular weight excluding hydrogens is 506 g/mol. The van der Waals surface area contributed by atoms with Crippen molar-refractivity contribution in [1.29, 1.82) is 0 Å². The molecule has 2 atom stereocenters. The molecule has 5 nitrogen and oxygen atoms in total. The molecular formula is C26H28BrClNO4+.